The highest BCUT2D eigenvalue weighted by molar-refractivity contribution is 5.79. The van der Waals surface area contributed by atoms with Gasteiger partial charge in [0, 0.05) is 24.9 Å². The summed E-state index contributed by atoms with van der Waals surface area (Å²) < 4.78 is 11.1. The smallest absolute Gasteiger partial charge is 0.327 e. The number of allylic oxidation sites excluding steroid dienone is 1. The van der Waals surface area contributed by atoms with E-state index in [-0.39, 0.29) is 0 Å². The first-order chi connectivity index (χ1) is 14.7. The van der Waals surface area contributed by atoms with Crippen molar-refractivity contribution in [2.75, 3.05) is 19.8 Å². The largest absolute Gasteiger partial charge is 0.490 e. The zero-order valence-electron chi connectivity index (χ0n) is 17.8. The van der Waals surface area contributed by atoms with Crippen LogP contribution in [0.4, 0.5) is 0 Å². The maximum Gasteiger partial charge on any atom is 0.327 e. The van der Waals surface area contributed by atoms with Crippen molar-refractivity contribution in [2.24, 2.45) is 0 Å². The molecule has 0 spiro atoms. The quantitative estimate of drug-likeness (QED) is 0.324. The Bertz CT molecular complexity index is 758. The van der Waals surface area contributed by atoms with Gasteiger partial charge in [-0.1, -0.05) is 37.3 Å². The van der Waals surface area contributed by atoms with Gasteiger partial charge in [-0.05, 0) is 50.5 Å². The van der Waals surface area contributed by atoms with E-state index in [0.29, 0.717) is 18.2 Å². The monoisotopic (exact) mass is 412 g/mol. The molecule has 6 nitrogen and oxygen atoms in total. The molecule has 0 radical (unpaired) electrons. The minimum Gasteiger partial charge on any atom is -0.490 e. The zero-order chi connectivity index (χ0) is 21.4. The van der Waals surface area contributed by atoms with Gasteiger partial charge in [-0.2, -0.15) is 0 Å². The zero-order valence-corrected chi connectivity index (χ0v) is 17.8. The van der Waals surface area contributed by atoms with Gasteiger partial charge in [-0.3, -0.25) is 0 Å². The molecule has 0 aliphatic carbocycles. The molecule has 0 fully saturated rings. The molecule has 1 N–H and O–H groups in total. The SMILES string of the molecule is CCCOCCCCOc1cnc(-c2ccc(CCCC/C=C/C(=O)O)cc2)nc1. The van der Waals surface area contributed by atoms with Crippen LogP contribution >= 0.6 is 0 Å². The molecule has 30 heavy (non-hydrogen) atoms. The van der Waals surface area contributed by atoms with Crippen molar-refractivity contribution < 1.29 is 19.4 Å². The van der Waals surface area contributed by atoms with Gasteiger partial charge in [0.1, 0.15) is 0 Å². The van der Waals surface area contributed by atoms with Crippen LogP contribution in [0.15, 0.2) is 48.8 Å². The second kappa shape index (κ2) is 14.3. The normalized spacial score (nSPS) is 11.1. The van der Waals surface area contributed by atoms with E-state index in [1.165, 1.54) is 11.6 Å². The number of carboxylic acid groups (broad SMARTS) is 1. The van der Waals surface area contributed by atoms with Crippen LogP contribution in [0.25, 0.3) is 11.4 Å². The molecule has 0 saturated heterocycles. The molecule has 0 amide bonds. The Balaban J connectivity index is 1.70. The number of unbranched alkanes of at least 4 members (excludes halogenated alkanes) is 3. The number of benzene rings is 1. The van der Waals surface area contributed by atoms with Crippen molar-refractivity contribution >= 4 is 5.97 Å². The summed E-state index contributed by atoms with van der Waals surface area (Å²) in [7, 11) is 0. The Hall–Kier alpha value is -2.73. The van der Waals surface area contributed by atoms with Crippen molar-refractivity contribution in [1.29, 1.82) is 0 Å². The maximum absolute atomic E-state index is 10.4. The number of carbonyl (C=O) groups is 1. The van der Waals surface area contributed by atoms with Gasteiger partial charge in [0.2, 0.25) is 0 Å². The number of aryl methyl sites for hydroxylation is 1. The second-order valence-electron chi connectivity index (χ2n) is 7.09. The van der Waals surface area contributed by atoms with Crippen molar-refractivity contribution in [1.82, 2.24) is 9.97 Å². The van der Waals surface area contributed by atoms with Crippen molar-refractivity contribution in [3.05, 3.63) is 54.4 Å². The van der Waals surface area contributed by atoms with Crippen LogP contribution < -0.4 is 4.74 Å². The van der Waals surface area contributed by atoms with Crippen LogP contribution in [0, 0.1) is 0 Å². The summed E-state index contributed by atoms with van der Waals surface area (Å²) >= 11 is 0. The summed E-state index contributed by atoms with van der Waals surface area (Å²) in [6.07, 6.45) is 13.1. The number of ether oxygens (including phenoxy) is 2. The highest BCUT2D eigenvalue weighted by atomic mass is 16.5. The van der Waals surface area contributed by atoms with Gasteiger partial charge < -0.3 is 14.6 Å². The van der Waals surface area contributed by atoms with Crippen molar-refractivity contribution in [3.63, 3.8) is 0 Å². The van der Waals surface area contributed by atoms with Gasteiger partial charge in [0.05, 0.1) is 19.0 Å². The van der Waals surface area contributed by atoms with Crippen LogP contribution in [0.5, 0.6) is 5.75 Å². The third kappa shape index (κ3) is 9.65. The lowest BCUT2D eigenvalue weighted by Crippen LogP contribution is -2.02. The molecule has 2 aromatic rings. The van der Waals surface area contributed by atoms with Gasteiger partial charge in [-0.25, -0.2) is 14.8 Å². The van der Waals surface area contributed by atoms with Gasteiger partial charge in [-0.15, -0.1) is 0 Å². The van der Waals surface area contributed by atoms with Gasteiger partial charge >= 0.3 is 5.97 Å². The van der Waals surface area contributed by atoms with E-state index in [1.807, 2.05) is 12.1 Å². The minimum absolute atomic E-state index is 0.638. The lowest BCUT2D eigenvalue weighted by Gasteiger charge is -2.07. The van der Waals surface area contributed by atoms with Crippen LogP contribution in [0.3, 0.4) is 0 Å². The third-order valence-electron chi connectivity index (χ3n) is 4.49. The Morgan fingerprint density at radius 3 is 2.43 bits per heavy atom. The Morgan fingerprint density at radius 1 is 1.00 bits per heavy atom. The van der Waals surface area contributed by atoms with Crippen LogP contribution in [0.2, 0.25) is 0 Å². The van der Waals surface area contributed by atoms with E-state index < -0.39 is 5.97 Å². The summed E-state index contributed by atoms with van der Waals surface area (Å²) in [6, 6.07) is 8.26. The van der Waals surface area contributed by atoms with E-state index in [1.54, 1.807) is 18.5 Å². The molecule has 0 saturated carbocycles. The highest BCUT2D eigenvalue weighted by Crippen LogP contribution is 2.18. The van der Waals surface area contributed by atoms with Crippen molar-refractivity contribution in [3.8, 4) is 17.1 Å². The van der Waals surface area contributed by atoms with E-state index in [4.69, 9.17) is 14.6 Å². The van der Waals surface area contributed by atoms with Crippen molar-refractivity contribution in [2.45, 2.75) is 51.9 Å². The first kappa shape index (κ1) is 23.5. The summed E-state index contributed by atoms with van der Waals surface area (Å²) in [4.78, 5) is 19.2. The predicted molar refractivity (Wildman–Crippen MR) is 118 cm³/mol. The van der Waals surface area contributed by atoms with E-state index in [2.05, 4.69) is 29.0 Å². The average molecular weight is 413 g/mol. The van der Waals surface area contributed by atoms with E-state index in [0.717, 1.165) is 63.7 Å². The van der Waals surface area contributed by atoms with Crippen LogP contribution in [0.1, 0.15) is 51.0 Å². The van der Waals surface area contributed by atoms with Gasteiger partial charge in [0.25, 0.3) is 0 Å². The lowest BCUT2D eigenvalue weighted by atomic mass is 10.0. The molecule has 0 aliphatic rings. The molecule has 1 heterocycles. The summed E-state index contributed by atoms with van der Waals surface area (Å²) in [6.45, 7) is 4.35. The topological polar surface area (TPSA) is 81.5 Å². The fraction of sp³-hybridized carbons (Fsp3) is 0.458. The van der Waals surface area contributed by atoms with Crippen LogP contribution in [-0.2, 0) is 16.0 Å². The highest BCUT2D eigenvalue weighted by Gasteiger charge is 2.03. The molecule has 0 atom stereocenters. The third-order valence-corrected chi connectivity index (χ3v) is 4.49. The number of hydrogen-bond acceptors (Lipinski definition) is 5. The number of hydrogen-bond donors (Lipinski definition) is 1. The second-order valence-corrected chi connectivity index (χ2v) is 7.09. The molecule has 6 heteroatoms. The summed E-state index contributed by atoms with van der Waals surface area (Å²) in [5, 5.41) is 8.56. The molecular formula is C24H32N2O4. The number of nitrogens with zero attached hydrogens (tertiary/aromatic N) is 2. The minimum atomic E-state index is -0.889. The molecular weight excluding hydrogens is 380 g/mol. The first-order valence-corrected chi connectivity index (χ1v) is 10.7. The fourth-order valence-corrected chi connectivity index (χ4v) is 2.88. The first-order valence-electron chi connectivity index (χ1n) is 10.7. The Labute approximate surface area is 179 Å². The molecule has 0 unspecified atom stereocenters. The molecule has 0 aliphatic heterocycles. The molecule has 0 bridgehead atoms. The number of aromatic nitrogens is 2. The summed E-state index contributed by atoms with van der Waals surface area (Å²) in [5.74, 6) is 0.475. The standard InChI is InChI=1S/C24H32N2O4/c1-2-15-29-16-7-8-17-30-22-18-25-24(26-19-22)21-13-11-20(12-14-21)9-5-3-4-6-10-23(27)28/h6,10-14,18-19H,2-5,7-9,15-17H2,1H3,(H,27,28)/b10-6+. The predicted octanol–water partition coefficient (Wildman–Crippen LogP) is 5.08. The molecule has 1 aromatic heterocycles. The summed E-state index contributed by atoms with van der Waals surface area (Å²) in [5.41, 5.74) is 2.23. The van der Waals surface area contributed by atoms with E-state index >= 15 is 0 Å². The fourth-order valence-electron chi connectivity index (χ4n) is 2.88. The van der Waals surface area contributed by atoms with Crippen LogP contribution in [-0.4, -0.2) is 40.9 Å². The molecule has 2 rings (SSSR count). The number of rotatable bonds is 15. The Kier molecular flexibility index (Phi) is 11.2. The molecule has 162 valence electrons. The lowest BCUT2D eigenvalue weighted by molar-refractivity contribution is -0.131. The molecule has 1 aromatic carbocycles. The van der Waals surface area contributed by atoms with E-state index in [9.17, 15) is 4.79 Å². The number of aliphatic carboxylic acids is 1. The van der Waals surface area contributed by atoms with Gasteiger partial charge in [0.15, 0.2) is 11.6 Å². The number of carboxylic acids is 1. The maximum atomic E-state index is 10.4. The average Bonchev–Trinajstić information content (AvgIpc) is 2.76. The Morgan fingerprint density at radius 2 is 1.73 bits per heavy atom.